The van der Waals surface area contributed by atoms with E-state index in [2.05, 4.69) is 11.4 Å². The highest BCUT2D eigenvalue weighted by molar-refractivity contribution is 7.16. The molecule has 0 saturated heterocycles. The molecule has 0 aliphatic heterocycles. The lowest BCUT2D eigenvalue weighted by Gasteiger charge is -2.05. The molecule has 3 rings (SSSR count). The van der Waals surface area contributed by atoms with Crippen LogP contribution in [0.5, 0.6) is 0 Å². The third-order valence-corrected chi connectivity index (χ3v) is 5.03. The first kappa shape index (κ1) is 20.1. The van der Waals surface area contributed by atoms with E-state index in [1.807, 2.05) is 42.5 Å². The molecular formula is C23H18N2O3S. The van der Waals surface area contributed by atoms with Crippen molar-refractivity contribution in [1.29, 1.82) is 5.26 Å². The molecule has 0 spiro atoms. The van der Waals surface area contributed by atoms with E-state index in [9.17, 15) is 9.59 Å². The van der Waals surface area contributed by atoms with E-state index in [4.69, 9.17) is 10.00 Å². The number of ether oxygens (including phenoxy) is 1. The van der Waals surface area contributed by atoms with Crippen LogP contribution in [0.15, 0.2) is 72.8 Å². The summed E-state index contributed by atoms with van der Waals surface area (Å²) >= 11 is 1.56. The van der Waals surface area contributed by atoms with E-state index in [1.165, 1.54) is 6.08 Å². The maximum absolute atomic E-state index is 11.9. The standard InChI is InChI=1S/C23H18N2O3S/c24-15-14-17-6-8-19(9-7-17)25-22(26)16-28-23(27)13-11-20-10-12-21(29-20)18-4-2-1-3-5-18/h1-13H,14,16H2,(H,25,26)/b13-11+. The molecule has 1 amide bonds. The van der Waals surface area contributed by atoms with Crippen LogP contribution in [0.25, 0.3) is 16.5 Å². The van der Waals surface area contributed by atoms with Crippen molar-refractivity contribution in [3.05, 3.63) is 83.2 Å². The van der Waals surface area contributed by atoms with E-state index >= 15 is 0 Å². The molecular weight excluding hydrogens is 384 g/mol. The molecule has 0 unspecified atom stereocenters. The predicted molar refractivity (Wildman–Crippen MR) is 114 cm³/mol. The van der Waals surface area contributed by atoms with Crippen LogP contribution < -0.4 is 5.32 Å². The van der Waals surface area contributed by atoms with Gasteiger partial charge in [-0.25, -0.2) is 4.79 Å². The summed E-state index contributed by atoms with van der Waals surface area (Å²) in [5.74, 6) is -1.01. The average molecular weight is 402 g/mol. The first-order valence-electron chi connectivity index (χ1n) is 8.90. The van der Waals surface area contributed by atoms with E-state index < -0.39 is 11.9 Å². The average Bonchev–Trinajstić information content (AvgIpc) is 3.22. The highest BCUT2D eigenvalue weighted by atomic mass is 32.1. The number of carbonyl (C=O) groups is 2. The molecule has 0 saturated carbocycles. The fourth-order valence-corrected chi connectivity index (χ4v) is 3.45. The number of thiophene rings is 1. The number of hydrogen-bond donors (Lipinski definition) is 1. The first-order chi connectivity index (χ1) is 14.1. The minimum absolute atomic E-state index is 0.315. The smallest absolute Gasteiger partial charge is 0.331 e. The molecule has 0 fully saturated rings. The van der Waals surface area contributed by atoms with Crippen LogP contribution in [-0.4, -0.2) is 18.5 Å². The third kappa shape index (κ3) is 6.16. The molecule has 29 heavy (non-hydrogen) atoms. The zero-order chi connectivity index (χ0) is 20.5. The summed E-state index contributed by atoms with van der Waals surface area (Å²) in [6, 6.07) is 22.9. The van der Waals surface area contributed by atoms with E-state index in [-0.39, 0.29) is 6.61 Å². The molecule has 0 radical (unpaired) electrons. The van der Waals surface area contributed by atoms with Gasteiger partial charge in [0, 0.05) is 21.5 Å². The second kappa shape index (κ2) is 10.0. The highest BCUT2D eigenvalue weighted by Crippen LogP contribution is 2.28. The van der Waals surface area contributed by atoms with Crippen LogP contribution in [0.3, 0.4) is 0 Å². The van der Waals surface area contributed by atoms with Crippen molar-refractivity contribution < 1.29 is 14.3 Å². The Labute approximate surface area is 172 Å². The second-order valence-electron chi connectivity index (χ2n) is 6.09. The lowest BCUT2D eigenvalue weighted by Crippen LogP contribution is -2.20. The van der Waals surface area contributed by atoms with Crippen molar-refractivity contribution in [2.24, 2.45) is 0 Å². The van der Waals surface area contributed by atoms with Gasteiger partial charge in [-0.1, -0.05) is 42.5 Å². The topological polar surface area (TPSA) is 79.2 Å². The van der Waals surface area contributed by atoms with Crippen LogP contribution in [0, 0.1) is 11.3 Å². The number of nitriles is 1. The van der Waals surface area contributed by atoms with Crippen molar-refractivity contribution in [3.63, 3.8) is 0 Å². The van der Waals surface area contributed by atoms with Gasteiger partial charge in [-0.15, -0.1) is 11.3 Å². The van der Waals surface area contributed by atoms with Crippen molar-refractivity contribution in [2.75, 3.05) is 11.9 Å². The summed E-state index contributed by atoms with van der Waals surface area (Å²) in [4.78, 5) is 25.8. The Morgan fingerprint density at radius 1 is 1.03 bits per heavy atom. The molecule has 0 bridgehead atoms. The van der Waals surface area contributed by atoms with Crippen LogP contribution in [0.1, 0.15) is 10.4 Å². The number of nitrogens with zero attached hydrogens (tertiary/aromatic N) is 1. The van der Waals surface area contributed by atoms with Crippen LogP contribution in [-0.2, 0) is 20.7 Å². The Morgan fingerprint density at radius 2 is 1.79 bits per heavy atom. The molecule has 0 aliphatic rings. The van der Waals surface area contributed by atoms with Gasteiger partial charge in [0.25, 0.3) is 5.91 Å². The largest absolute Gasteiger partial charge is 0.452 e. The predicted octanol–water partition coefficient (Wildman–Crippen LogP) is 4.68. The summed E-state index contributed by atoms with van der Waals surface area (Å²) in [5, 5.41) is 11.3. The molecule has 0 aliphatic carbocycles. The highest BCUT2D eigenvalue weighted by Gasteiger charge is 2.06. The summed E-state index contributed by atoms with van der Waals surface area (Å²) in [6.07, 6.45) is 3.30. The van der Waals surface area contributed by atoms with E-state index in [0.29, 0.717) is 12.1 Å². The summed E-state index contributed by atoms with van der Waals surface area (Å²) in [5.41, 5.74) is 2.57. The molecule has 5 nitrogen and oxygen atoms in total. The number of benzene rings is 2. The Balaban J connectivity index is 1.46. The fraction of sp³-hybridized carbons (Fsp3) is 0.0870. The van der Waals surface area contributed by atoms with Gasteiger partial charge in [0.05, 0.1) is 12.5 Å². The number of rotatable bonds is 7. The van der Waals surface area contributed by atoms with Gasteiger partial charge >= 0.3 is 5.97 Å². The molecule has 144 valence electrons. The van der Waals surface area contributed by atoms with Crippen molar-refractivity contribution in [3.8, 4) is 16.5 Å². The number of amides is 1. The minimum Gasteiger partial charge on any atom is -0.452 e. The van der Waals surface area contributed by atoms with Crippen LogP contribution in [0.4, 0.5) is 5.69 Å². The number of hydrogen-bond acceptors (Lipinski definition) is 5. The van der Waals surface area contributed by atoms with Gasteiger partial charge in [0.1, 0.15) is 0 Å². The van der Waals surface area contributed by atoms with Gasteiger partial charge in [-0.3, -0.25) is 4.79 Å². The van der Waals surface area contributed by atoms with E-state index in [0.717, 1.165) is 20.9 Å². The Hall–Kier alpha value is -3.69. The Morgan fingerprint density at radius 3 is 2.52 bits per heavy atom. The zero-order valence-corrected chi connectivity index (χ0v) is 16.3. The molecule has 1 N–H and O–H groups in total. The third-order valence-electron chi connectivity index (χ3n) is 3.94. The van der Waals surface area contributed by atoms with Gasteiger partial charge in [-0.05, 0) is 41.5 Å². The summed E-state index contributed by atoms with van der Waals surface area (Å²) in [7, 11) is 0. The van der Waals surface area contributed by atoms with Crippen LogP contribution in [0.2, 0.25) is 0 Å². The number of carbonyl (C=O) groups excluding carboxylic acids is 2. The Bertz CT molecular complexity index is 1050. The number of esters is 1. The SMILES string of the molecule is N#CCc1ccc(NC(=O)COC(=O)/C=C/c2ccc(-c3ccccc3)s2)cc1. The maximum atomic E-state index is 11.9. The summed E-state index contributed by atoms with van der Waals surface area (Å²) < 4.78 is 4.98. The fourth-order valence-electron chi connectivity index (χ4n) is 2.53. The normalized spacial score (nSPS) is 10.4. The molecule has 3 aromatic rings. The zero-order valence-electron chi connectivity index (χ0n) is 15.5. The summed E-state index contributed by atoms with van der Waals surface area (Å²) in [6.45, 7) is -0.372. The van der Waals surface area contributed by atoms with Crippen molar-refractivity contribution in [1.82, 2.24) is 0 Å². The first-order valence-corrected chi connectivity index (χ1v) is 9.71. The number of anilines is 1. The van der Waals surface area contributed by atoms with Crippen molar-refractivity contribution >= 4 is 35.0 Å². The van der Waals surface area contributed by atoms with Gasteiger partial charge in [-0.2, -0.15) is 5.26 Å². The monoisotopic (exact) mass is 402 g/mol. The van der Waals surface area contributed by atoms with Gasteiger partial charge in [0.2, 0.25) is 0 Å². The molecule has 0 atom stereocenters. The lowest BCUT2D eigenvalue weighted by atomic mass is 10.1. The van der Waals surface area contributed by atoms with Gasteiger partial charge in [0.15, 0.2) is 6.61 Å². The molecule has 1 heterocycles. The Kier molecular flexibility index (Phi) is 6.93. The minimum atomic E-state index is -0.584. The molecule has 6 heteroatoms. The number of nitrogens with one attached hydrogen (secondary N) is 1. The second-order valence-corrected chi connectivity index (χ2v) is 7.20. The van der Waals surface area contributed by atoms with Crippen LogP contribution >= 0.6 is 11.3 Å². The molecule has 2 aromatic carbocycles. The van der Waals surface area contributed by atoms with Crippen molar-refractivity contribution in [2.45, 2.75) is 6.42 Å². The van der Waals surface area contributed by atoms with E-state index in [1.54, 1.807) is 41.7 Å². The maximum Gasteiger partial charge on any atom is 0.331 e. The quantitative estimate of drug-likeness (QED) is 0.460. The molecule has 1 aromatic heterocycles. The lowest BCUT2D eigenvalue weighted by molar-refractivity contribution is -0.142. The van der Waals surface area contributed by atoms with Gasteiger partial charge < -0.3 is 10.1 Å².